The molecular weight excluding hydrogens is 306 g/mol. The fourth-order valence-electron chi connectivity index (χ4n) is 1.96. The van der Waals surface area contributed by atoms with Gasteiger partial charge in [0.15, 0.2) is 0 Å². The zero-order valence-electron chi connectivity index (χ0n) is 11.7. The molecule has 0 aliphatic carbocycles. The summed E-state index contributed by atoms with van der Waals surface area (Å²) < 4.78 is 0. The maximum Gasteiger partial charge on any atom is 0.292 e. The molecule has 0 saturated heterocycles. The highest BCUT2D eigenvalue weighted by molar-refractivity contribution is 6.30. The quantitative estimate of drug-likeness (QED) is 0.513. The van der Waals surface area contributed by atoms with Gasteiger partial charge in [-0.3, -0.25) is 14.9 Å². The van der Waals surface area contributed by atoms with Crippen LogP contribution in [0.4, 0.5) is 11.4 Å². The van der Waals surface area contributed by atoms with Gasteiger partial charge >= 0.3 is 0 Å². The predicted octanol–water partition coefficient (Wildman–Crippen LogP) is 3.32. The fourth-order valence-corrected chi connectivity index (χ4v) is 2.08. The van der Waals surface area contributed by atoms with E-state index in [9.17, 15) is 14.9 Å². The third kappa shape index (κ3) is 3.53. The molecule has 2 aromatic rings. The number of nitrogens with one attached hydrogen (secondary N) is 1. The van der Waals surface area contributed by atoms with Crippen LogP contribution in [0.5, 0.6) is 0 Å². The number of hydrogen-bond donors (Lipinski definition) is 2. The molecule has 2 aromatic carbocycles. The van der Waals surface area contributed by atoms with E-state index in [2.05, 4.69) is 5.32 Å². The molecule has 2 rings (SSSR count). The number of hydrogen-bond acceptors (Lipinski definition) is 4. The van der Waals surface area contributed by atoms with Crippen molar-refractivity contribution in [3.8, 4) is 0 Å². The third-order valence-corrected chi connectivity index (χ3v) is 3.46. The van der Waals surface area contributed by atoms with Gasteiger partial charge in [-0.2, -0.15) is 0 Å². The van der Waals surface area contributed by atoms with E-state index >= 15 is 0 Å². The van der Waals surface area contributed by atoms with Crippen molar-refractivity contribution in [3.63, 3.8) is 0 Å². The number of nitrogens with two attached hydrogens (primary N) is 1. The summed E-state index contributed by atoms with van der Waals surface area (Å²) in [5, 5.41) is 14.2. The monoisotopic (exact) mass is 319 g/mol. The van der Waals surface area contributed by atoms with Gasteiger partial charge in [-0.25, -0.2) is 0 Å². The lowest BCUT2D eigenvalue weighted by Crippen LogP contribution is -2.26. The molecule has 0 spiro atoms. The summed E-state index contributed by atoms with van der Waals surface area (Å²) >= 11 is 5.82. The fraction of sp³-hybridized carbons (Fsp3) is 0.133. The second-order valence-electron chi connectivity index (χ2n) is 4.78. The van der Waals surface area contributed by atoms with Crippen LogP contribution < -0.4 is 11.1 Å². The number of benzene rings is 2. The Kier molecular flexibility index (Phi) is 4.62. The minimum Gasteiger partial charge on any atom is -0.393 e. The highest BCUT2D eigenvalue weighted by Gasteiger charge is 2.17. The van der Waals surface area contributed by atoms with Crippen molar-refractivity contribution < 1.29 is 9.72 Å². The molecule has 1 unspecified atom stereocenters. The summed E-state index contributed by atoms with van der Waals surface area (Å²) in [7, 11) is 0. The van der Waals surface area contributed by atoms with Gasteiger partial charge in [0.05, 0.1) is 11.0 Å². The van der Waals surface area contributed by atoms with Crippen LogP contribution in [0.15, 0.2) is 42.5 Å². The molecule has 0 aliphatic heterocycles. The molecule has 0 saturated carbocycles. The molecule has 0 aliphatic rings. The van der Waals surface area contributed by atoms with Crippen LogP contribution in [-0.2, 0) is 0 Å². The molecule has 1 amide bonds. The molecule has 0 radical (unpaired) electrons. The van der Waals surface area contributed by atoms with Gasteiger partial charge in [0, 0.05) is 16.7 Å². The van der Waals surface area contributed by atoms with Crippen molar-refractivity contribution in [2.24, 2.45) is 0 Å². The number of halogens is 1. The van der Waals surface area contributed by atoms with Crippen molar-refractivity contribution in [1.82, 2.24) is 5.32 Å². The standard InChI is InChI=1S/C15H14ClN3O3/c1-9(10-2-5-12(16)6-3-10)18-15(20)11-4-7-13(17)14(8-11)19(21)22/h2-9H,17H2,1H3,(H,18,20). The Hall–Kier alpha value is -2.60. The van der Waals surface area contributed by atoms with Crippen molar-refractivity contribution in [2.75, 3.05) is 5.73 Å². The van der Waals surface area contributed by atoms with Gasteiger partial charge in [-0.05, 0) is 36.8 Å². The second-order valence-corrected chi connectivity index (χ2v) is 5.21. The molecule has 0 aromatic heterocycles. The van der Waals surface area contributed by atoms with Crippen molar-refractivity contribution in [1.29, 1.82) is 0 Å². The van der Waals surface area contributed by atoms with Crippen LogP contribution in [0.1, 0.15) is 28.9 Å². The molecule has 0 bridgehead atoms. The van der Waals surface area contributed by atoms with E-state index in [-0.39, 0.29) is 23.0 Å². The van der Waals surface area contributed by atoms with Crippen LogP contribution in [-0.4, -0.2) is 10.8 Å². The topological polar surface area (TPSA) is 98.3 Å². The number of rotatable bonds is 4. The number of nitrogens with zero attached hydrogens (tertiary/aromatic N) is 1. The first-order valence-corrected chi connectivity index (χ1v) is 6.86. The molecule has 0 heterocycles. The molecule has 0 fully saturated rings. The Morgan fingerprint density at radius 3 is 2.50 bits per heavy atom. The molecule has 6 nitrogen and oxygen atoms in total. The summed E-state index contributed by atoms with van der Waals surface area (Å²) in [6, 6.07) is 10.8. The number of carbonyl (C=O) groups excluding carboxylic acids is 1. The molecule has 7 heteroatoms. The van der Waals surface area contributed by atoms with E-state index in [1.165, 1.54) is 18.2 Å². The number of anilines is 1. The molecule has 114 valence electrons. The predicted molar refractivity (Wildman–Crippen MR) is 84.8 cm³/mol. The Morgan fingerprint density at radius 2 is 1.91 bits per heavy atom. The first-order valence-electron chi connectivity index (χ1n) is 6.48. The Morgan fingerprint density at radius 1 is 1.27 bits per heavy atom. The average Bonchev–Trinajstić information content (AvgIpc) is 2.47. The van der Waals surface area contributed by atoms with Crippen LogP contribution in [0.2, 0.25) is 5.02 Å². The van der Waals surface area contributed by atoms with Crippen LogP contribution in [0, 0.1) is 10.1 Å². The highest BCUT2D eigenvalue weighted by atomic mass is 35.5. The van der Waals surface area contributed by atoms with Gasteiger partial charge in [0.1, 0.15) is 5.69 Å². The van der Waals surface area contributed by atoms with Gasteiger partial charge in [-0.15, -0.1) is 0 Å². The van der Waals surface area contributed by atoms with E-state index in [1.807, 2.05) is 6.92 Å². The first-order chi connectivity index (χ1) is 10.4. The van der Waals surface area contributed by atoms with E-state index in [1.54, 1.807) is 24.3 Å². The van der Waals surface area contributed by atoms with E-state index in [0.29, 0.717) is 5.02 Å². The maximum atomic E-state index is 12.2. The van der Waals surface area contributed by atoms with Crippen LogP contribution in [0.3, 0.4) is 0 Å². The summed E-state index contributed by atoms with van der Waals surface area (Å²) in [4.78, 5) is 22.4. The second kappa shape index (κ2) is 6.44. The van der Waals surface area contributed by atoms with Gasteiger partial charge in [0.2, 0.25) is 0 Å². The Balaban J connectivity index is 2.16. The summed E-state index contributed by atoms with van der Waals surface area (Å²) in [6.07, 6.45) is 0. The van der Waals surface area contributed by atoms with Crippen LogP contribution in [0.25, 0.3) is 0 Å². The van der Waals surface area contributed by atoms with Gasteiger partial charge < -0.3 is 11.1 Å². The zero-order valence-corrected chi connectivity index (χ0v) is 12.5. The minimum atomic E-state index is -0.616. The summed E-state index contributed by atoms with van der Waals surface area (Å²) in [5.41, 5.74) is 6.31. The maximum absolute atomic E-state index is 12.2. The number of carbonyl (C=O) groups is 1. The number of nitro groups is 1. The third-order valence-electron chi connectivity index (χ3n) is 3.21. The number of nitrogen functional groups attached to an aromatic ring is 1. The van der Waals surface area contributed by atoms with E-state index < -0.39 is 10.8 Å². The minimum absolute atomic E-state index is 0.0206. The summed E-state index contributed by atoms with van der Waals surface area (Å²) in [5.74, 6) is -0.412. The SMILES string of the molecule is CC(NC(=O)c1ccc(N)c([N+](=O)[O-])c1)c1ccc(Cl)cc1. The van der Waals surface area contributed by atoms with E-state index in [0.717, 1.165) is 5.56 Å². The smallest absolute Gasteiger partial charge is 0.292 e. The number of amides is 1. The normalized spacial score (nSPS) is 11.7. The first kappa shape index (κ1) is 15.8. The number of nitro benzene ring substituents is 1. The van der Waals surface area contributed by atoms with Crippen molar-refractivity contribution >= 4 is 28.9 Å². The average molecular weight is 320 g/mol. The summed E-state index contributed by atoms with van der Waals surface area (Å²) in [6.45, 7) is 1.81. The lowest BCUT2D eigenvalue weighted by molar-refractivity contribution is -0.383. The van der Waals surface area contributed by atoms with Gasteiger partial charge in [0.25, 0.3) is 11.6 Å². The van der Waals surface area contributed by atoms with E-state index in [4.69, 9.17) is 17.3 Å². The largest absolute Gasteiger partial charge is 0.393 e. The lowest BCUT2D eigenvalue weighted by Gasteiger charge is -2.14. The lowest BCUT2D eigenvalue weighted by atomic mass is 10.1. The Bertz CT molecular complexity index is 716. The van der Waals surface area contributed by atoms with Crippen molar-refractivity contribution in [2.45, 2.75) is 13.0 Å². The van der Waals surface area contributed by atoms with Crippen molar-refractivity contribution in [3.05, 3.63) is 68.7 Å². The zero-order chi connectivity index (χ0) is 16.3. The Labute approximate surface area is 132 Å². The van der Waals surface area contributed by atoms with Crippen LogP contribution >= 0.6 is 11.6 Å². The highest BCUT2D eigenvalue weighted by Crippen LogP contribution is 2.23. The molecule has 22 heavy (non-hydrogen) atoms. The molecular formula is C15H14ClN3O3. The molecule has 3 N–H and O–H groups in total. The van der Waals surface area contributed by atoms with Gasteiger partial charge in [-0.1, -0.05) is 23.7 Å². The molecule has 1 atom stereocenters.